The number of rotatable bonds is 5. The van der Waals surface area contributed by atoms with Crippen LogP contribution in [0, 0.1) is 5.82 Å². The number of benzene rings is 3. The number of hydrogen-bond acceptors (Lipinski definition) is 4. The molecule has 0 bridgehead atoms. The predicted molar refractivity (Wildman–Crippen MR) is 126 cm³/mol. The van der Waals surface area contributed by atoms with Crippen LogP contribution in [0.5, 0.6) is 0 Å². The van der Waals surface area contributed by atoms with Crippen molar-refractivity contribution in [3.8, 4) is 0 Å². The summed E-state index contributed by atoms with van der Waals surface area (Å²) in [5.41, 5.74) is 3.17. The van der Waals surface area contributed by atoms with Crippen LogP contribution in [0.4, 0.5) is 10.1 Å². The number of anilines is 1. The van der Waals surface area contributed by atoms with Crippen LogP contribution in [0.2, 0.25) is 0 Å². The Labute approximate surface area is 192 Å². The van der Waals surface area contributed by atoms with Gasteiger partial charge in [-0.05, 0) is 35.4 Å². The number of halogens is 1. The van der Waals surface area contributed by atoms with Gasteiger partial charge >= 0.3 is 0 Å². The molecule has 0 atom stereocenters. The van der Waals surface area contributed by atoms with Crippen LogP contribution in [0.25, 0.3) is 5.57 Å². The number of imide groups is 1. The summed E-state index contributed by atoms with van der Waals surface area (Å²) in [7, 11) is 0. The topological polar surface area (TPSA) is 43.9 Å². The summed E-state index contributed by atoms with van der Waals surface area (Å²) < 4.78 is 13.5. The van der Waals surface area contributed by atoms with Crippen molar-refractivity contribution in [3.63, 3.8) is 0 Å². The number of carbonyl (C=O) groups excluding carboxylic acids is 2. The van der Waals surface area contributed by atoms with Crippen LogP contribution < -0.4 is 4.90 Å². The molecule has 166 valence electrons. The van der Waals surface area contributed by atoms with E-state index in [-0.39, 0.29) is 11.8 Å². The number of amides is 2. The van der Waals surface area contributed by atoms with E-state index in [1.807, 2.05) is 53.4 Å². The Morgan fingerprint density at radius 1 is 0.697 bits per heavy atom. The van der Waals surface area contributed by atoms with E-state index in [0.717, 1.165) is 24.5 Å². The van der Waals surface area contributed by atoms with E-state index < -0.39 is 5.82 Å². The molecular formula is C27H24FN3O2. The highest BCUT2D eigenvalue weighted by molar-refractivity contribution is 6.45. The molecule has 33 heavy (non-hydrogen) atoms. The Kier molecular flexibility index (Phi) is 5.75. The van der Waals surface area contributed by atoms with Crippen LogP contribution in [-0.4, -0.2) is 47.8 Å². The molecule has 3 aromatic carbocycles. The fraction of sp³-hybridized carbons (Fsp3) is 0.185. The molecular weight excluding hydrogens is 417 g/mol. The minimum absolute atomic E-state index is 0.359. The molecule has 2 aliphatic heterocycles. The van der Waals surface area contributed by atoms with Crippen molar-refractivity contribution in [3.05, 3.63) is 108 Å². The third-order valence-corrected chi connectivity index (χ3v) is 6.14. The zero-order chi connectivity index (χ0) is 22.8. The van der Waals surface area contributed by atoms with Gasteiger partial charge in [0.1, 0.15) is 11.5 Å². The van der Waals surface area contributed by atoms with E-state index in [2.05, 4.69) is 17.0 Å². The van der Waals surface area contributed by atoms with Crippen molar-refractivity contribution < 1.29 is 14.0 Å². The number of hydrogen-bond donors (Lipinski definition) is 0. The SMILES string of the molecule is O=C1C(c2ccccc2)=C(N2CCN(Cc3ccccc3)CC2)C(=O)N1c1ccc(F)cc1. The van der Waals surface area contributed by atoms with Gasteiger partial charge in [0.2, 0.25) is 0 Å². The molecule has 2 amide bonds. The lowest BCUT2D eigenvalue weighted by Crippen LogP contribution is -2.47. The van der Waals surface area contributed by atoms with Crippen molar-refractivity contribution in [2.45, 2.75) is 6.54 Å². The normalized spacial score (nSPS) is 17.2. The van der Waals surface area contributed by atoms with Gasteiger partial charge in [0.15, 0.2) is 0 Å². The van der Waals surface area contributed by atoms with Gasteiger partial charge in [0.25, 0.3) is 11.8 Å². The molecule has 0 unspecified atom stereocenters. The number of nitrogens with zero attached hydrogens (tertiary/aromatic N) is 3. The molecule has 5 nitrogen and oxygen atoms in total. The molecule has 0 spiro atoms. The maximum absolute atomic E-state index is 13.6. The smallest absolute Gasteiger partial charge is 0.282 e. The predicted octanol–water partition coefficient (Wildman–Crippen LogP) is 3.93. The highest BCUT2D eigenvalue weighted by Crippen LogP contribution is 2.35. The summed E-state index contributed by atoms with van der Waals surface area (Å²) in [6, 6.07) is 25.1. The van der Waals surface area contributed by atoms with E-state index in [1.165, 1.54) is 29.8 Å². The van der Waals surface area contributed by atoms with Gasteiger partial charge in [0.05, 0.1) is 11.3 Å². The van der Waals surface area contributed by atoms with Gasteiger partial charge < -0.3 is 4.90 Å². The first-order valence-electron chi connectivity index (χ1n) is 11.1. The molecule has 6 heteroatoms. The minimum Gasteiger partial charge on any atom is -0.364 e. The van der Waals surface area contributed by atoms with Gasteiger partial charge in [-0.25, -0.2) is 9.29 Å². The van der Waals surface area contributed by atoms with Gasteiger partial charge in [-0.3, -0.25) is 14.5 Å². The standard InChI is InChI=1S/C27H24FN3O2/c28-22-11-13-23(14-12-22)31-26(32)24(21-9-5-2-6-10-21)25(27(31)33)30-17-15-29(16-18-30)19-20-7-3-1-4-8-20/h1-14H,15-19H2. The highest BCUT2D eigenvalue weighted by atomic mass is 19.1. The average Bonchev–Trinajstić information content (AvgIpc) is 3.11. The quantitative estimate of drug-likeness (QED) is 0.563. The zero-order valence-corrected chi connectivity index (χ0v) is 18.2. The van der Waals surface area contributed by atoms with Gasteiger partial charge in [-0.1, -0.05) is 60.7 Å². The van der Waals surface area contributed by atoms with Crippen molar-refractivity contribution in [2.75, 3.05) is 31.1 Å². The third-order valence-electron chi connectivity index (χ3n) is 6.14. The zero-order valence-electron chi connectivity index (χ0n) is 18.2. The van der Waals surface area contributed by atoms with Crippen LogP contribution in [0.15, 0.2) is 90.6 Å². The van der Waals surface area contributed by atoms with E-state index in [1.54, 1.807) is 0 Å². The van der Waals surface area contributed by atoms with Crippen LogP contribution >= 0.6 is 0 Å². The molecule has 0 aromatic heterocycles. The molecule has 1 fully saturated rings. The van der Waals surface area contributed by atoms with Crippen LogP contribution in [0.3, 0.4) is 0 Å². The molecule has 0 N–H and O–H groups in total. The largest absolute Gasteiger partial charge is 0.364 e. The average molecular weight is 442 g/mol. The third kappa shape index (κ3) is 4.17. The summed E-state index contributed by atoms with van der Waals surface area (Å²) in [6.45, 7) is 3.73. The second kappa shape index (κ2) is 9.00. The summed E-state index contributed by atoms with van der Waals surface area (Å²) in [4.78, 5) is 32.6. The first kappa shape index (κ1) is 21.1. The summed E-state index contributed by atoms with van der Waals surface area (Å²) in [6.07, 6.45) is 0. The van der Waals surface area contributed by atoms with Crippen molar-refractivity contribution in [2.24, 2.45) is 0 Å². The van der Waals surface area contributed by atoms with Gasteiger partial charge in [0, 0.05) is 32.7 Å². The van der Waals surface area contributed by atoms with E-state index in [9.17, 15) is 14.0 Å². The Hall–Kier alpha value is -3.77. The second-order valence-corrected chi connectivity index (χ2v) is 8.26. The van der Waals surface area contributed by atoms with Crippen molar-refractivity contribution in [1.29, 1.82) is 0 Å². The lowest BCUT2D eigenvalue weighted by Gasteiger charge is -2.36. The molecule has 2 heterocycles. The Balaban J connectivity index is 1.43. The summed E-state index contributed by atoms with van der Waals surface area (Å²) in [5.74, 6) is -1.15. The minimum atomic E-state index is -0.413. The van der Waals surface area contributed by atoms with Crippen LogP contribution in [-0.2, 0) is 16.1 Å². The molecule has 0 aliphatic carbocycles. The Morgan fingerprint density at radius 2 is 1.30 bits per heavy atom. The number of carbonyl (C=O) groups is 2. The summed E-state index contributed by atoms with van der Waals surface area (Å²) in [5, 5.41) is 0. The lowest BCUT2D eigenvalue weighted by atomic mass is 10.0. The second-order valence-electron chi connectivity index (χ2n) is 8.26. The molecule has 5 rings (SSSR count). The molecule has 3 aromatic rings. The van der Waals surface area contributed by atoms with Crippen LogP contribution in [0.1, 0.15) is 11.1 Å². The maximum atomic E-state index is 13.6. The molecule has 2 aliphatic rings. The monoisotopic (exact) mass is 441 g/mol. The first-order valence-corrected chi connectivity index (χ1v) is 11.1. The fourth-order valence-electron chi connectivity index (χ4n) is 4.47. The molecule has 0 radical (unpaired) electrons. The molecule has 0 saturated carbocycles. The summed E-state index contributed by atoms with van der Waals surface area (Å²) >= 11 is 0. The highest BCUT2D eigenvalue weighted by Gasteiger charge is 2.43. The van der Waals surface area contributed by atoms with Crippen molar-refractivity contribution >= 4 is 23.1 Å². The van der Waals surface area contributed by atoms with Gasteiger partial charge in [-0.15, -0.1) is 0 Å². The van der Waals surface area contributed by atoms with E-state index in [0.29, 0.717) is 35.6 Å². The molecule has 1 saturated heterocycles. The Bertz CT molecular complexity index is 1190. The van der Waals surface area contributed by atoms with E-state index in [4.69, 9.17) is 0 Å². The van der Waals surface area contributed by atoms with Crippen molar-refractivity contribution in [1.82, 2.24) is 9.80 Å². The fourth-order valence-corrected chi connectivity index (χ4v) is 4.47. The first-order chi connectivity index (χ1) is 16.1. The Morgan fingerprint density at radius 3 is 1.94 bits per heavy atom. The number of piperazine rings is 1. The maximum Gasteiger partial charge on any atom is 0.282 e. The lowest BCUT2D eigenvalue weighted by molar-refractivity contribution is -0.120. The van der Waals surface area contributed by atoms with E-state index >= 15 is 0 Å². The van der Waals surface area contributed by atoms with Gasteiger partial charge in [-0.2, -0.15) is 0 Å².